The van der Waals surface area contributed by atoms with Crippen molar-refractivity contribution in [3.63, 3.8) is 0 Å². The SMILES string of the molecule is Cc1nn(C2CCS(=O)(=O)C2)c(Cl)c1/C=C(/C#N)c1nc2ccccc2[nH]1. The van der Waals surface area contributed by atoms with Crippen LogP contribution in [0.4, 0.5) is 0 Å². The largest absolute Gasteiger partial charge is 0.337 e. The molecule has 138 valence electrons. The van der Waals surface area contributed by atoms with Crippen LogP contribution in [-0.4, -0.2) is 39.7 Å². The molecule has 0 radical (unpaired) electrons. The van der Waals surface area contributed by atoms with E-state index in [0.717, 1.165) is 11.0 Å². The number of allylic oxidation sites excluding steroid dienone is 1. The summed E-state index contributed by atoms with van der Waals surface area (Å²) in [5, 5.41) is 14.4. The lowest BCUT2D eigenvalue weighted by Crippen LogP contribution is -2.12. The van der Waals surface area contributed by atoms with Gasteiger partial charge in [0.25, 0.3) is 0 Å². The highest BCUT2D eigenvalue weighted by atomic mass is 35.5. The number of aromatic nitrogens is 4. The maximum absolute atomic E-state index is 11.8. The first-order chi connectivity index (χ1) is 12.9. The van der Waals surface area contributed by atoms with Crippen LogP contribution in [0.3, 0.4) is 0 Å². The van der Waals surface area contributed by atoms with Crippen LogP contribution in [0.5, 0.6) is 0 Å². The van der Waals surface area contributed by atoms with Gasteiger partial charge in [-0.2, -0.15) is 10.4 Å². The van der Waals surface area contributed by atoms with Crippen LogP contribution in [0.1, 0.15) is 29.5 Å². The Morgan fingerprint density at radius 1 is 1.44 bits per heavy atom. The zero-order valence-corrected chi connectivity index (χ0v) is 16.0. The number of fused-ring (bicyclic) bond motifs is 1. The van der Waals surface area contributed by atoms with Gasteiger partial charge in [-0.05, 0) is 31.6 Å². The van der Waals surface area contributed by atoms with Crippen molar-refractivity contribution < 1.29 is 8.42 Å². The quantitative estimate of drug-likeness (QED) is 0.679. The summed E-state index contributed by atoms with van der Waals surface area (Å²) < 4.78 is 25.1. The zero-order chi connectivity index (χ0) is 19.2. The molecule has 1 atom stereocenters. The number of aromatic amines is 1. The lowest BCUT2D eigenvalue weighted by atomic mass is 10.1. The molecule has 1 N–H and O–H groups in total. The molecule has 7 nitrogen and oxygen atoms in total. The average Bonchev–Trinajstić information content (AvgIpc) is 3.29. The van der Waals surface area contributed by atoms with E-state index in [4.69, 9.17) is 11.6 Å². The molecule has 0 aliphatic carbocycles. The van der Waals surface area contributed by atoms with Gasteiger partial charge in [-0.1, -0.05) is 23.7 Å². The normalized spacial score (nSPS) is 19.4. The van der Waals surface area contributed by atoms with Crippen LogP contribution < -0.4 is 0 Å². The van der Waals surface area contributed by atoms with Gasteiger partial charge in [-0.25, -0.2) is 18.1 Å². The van der Waals surface area contributed by atoms with Crippen molar-refractivity contribution in [1.29, 1.82) is 5.26 Å². The van der Waals surface area contributed by atoms with Crippen molar-refractivity contribution in [2.45, 2.75) is 19.4 Å². The maximum Gasteiger partial charge on any atom is 0.152 e. The Hall–Kier alpha value is -2.63. The van der Waals surface area contributed by atoms with Crippen molar-refractivity contribution in [2.75, 3.05) is 11.5 Å². The summed E-state index contributed by atoms with van der Waals surface area (Å²) in [5.74, 6) is 0.622. The van der Waals surface area contributed by atoms with Gasteiger partial charge in [0.1, 0.15) is 17.0 Å². The summed E-state index contributed by atoms with van der Waals surface area (Å²) in [6.07, 6.45) is 2.13. The van der Waals surface area contributed by atoms with E-state index in [9.17, 15) is 13.7 Å². The van der Waals surface area contributed by atoms with Crippen molar-refractivity contribution in [3.8, 4) is 6.07 Å². The lowest BCUT2D eigenvalue weighted by molar-refractivity contribution is 0.497. The first-order valence-electron chi connectivity index (χ1n) is 8.40. The first-order valence-corrected chi connectivity index (χ1v) is 10.6. The molecule has 1 fully saturated rings. The second-order valence-corrected chi connectivity index (χ2v) is 9.15. The number of hydrogen-bond acceptors (Lipinski definition) is 5. The Balaban J connectivity index is 1.75. The molecular weight excluding hydrogens is 386 g/mol. The summed E-state index contributed by atoms with van der Waals surface area (Å²) in [7, 11) is -3.05. The first kappa shape index (κ1) is 17.8. The van der Waals surface area contributed by atoms with E-state index in [2.05, 4.69) is 21.1 Å². The summed E-state index contributed by atoms with van der Waals surface area (Å²) >= 11 is 6.49. The third-order valence-electron chi connectivity index (χ3n) is 4.68. The van der Waals surface area contributed by atoms with Gasteiger partial charge in [0.2, 0.25) is 0 Å². The van der Waals surface area contributed by atoms with Gasteiger partial charge < -0.3 is 4.98 Å². The van der Waals surface area contributed by atoms with Gasteiger partial charge in [0.05, 0.1) is 39.8 Å². The fourth-order valence-electron chi connectivity index (χ4n) is 3.28. The van der Waals surface area contributed by atoms with Crippen LogP contribution in [0, 0.1) is 18.3 Å². The fourth-order valence-corrected chi connectivity index (χ4v) is 5.34. The lowest BCUT2D eigenvalue weighted by Gasteiger charge is -2.09. The smallest absolute Gasteiger partial charge is 0.152 e. The van der Waals surface area contributed by atoms with Gasteiger partial charge in [0, 0.05) is 5.56 Å². The van der Waals surface area contributed by atoms with E-state index in [0.29, 0.717) is 34.2 Å². The molecule has 0 saturated carbocycles. The number of nitriles is 1. The Morgan fingerprint density at radius 3 is 2.89 bits per heavy atom. The number of para-hydroxylation sites is 2. The monoisotopic (exact) mass is 401 g/mol. The van der Waals surface area contributed by atoms with E-state index >= 15 is 0 Å². The van der Waals surface area contributed by atoms with E-state index in [1.54, 1.807) is 17.7 Å². The molecule has 1 aliphatic rings. The highest BCUT2D eigenvalue weighted by Gasteiger charge is 2.32. The van der Waals surface area contributed by atoms with Gasteiger partial charge in [0.15, 0.2) is 9.84 Å². The summed E-state index contributed by atoms with van der Waals surface area (Å²) in [6.45, 7) is 1.78. The molecule has 3 heterocycles. The van der Waals surface area contributed by atoms with E-state index in [-0.39, 0.29) is 17.5 Å². The molecular formula is C18H16ClN5O2S. The molecule has 1 unspecified atom stereocenters. The van der Waals surface area contributed by atoms with Crippen LogP contribution in [0.15, 0.2) is 24.3 Å². The Morgan fingerprint density at radius 2 is 2.22 bits per heavy atom. The minimum atomic E-state index is -3.05. The number of nitrogens with one attached hydrogen (secondary N) is 1. The number of nitrogens with zero attached hydrogens (tertiary/aromatic N) is 4. The number of sulfone groups is 1. The highest BCUT2D eigenvalue weighted by Crippen LogP contribution is 2.32. The predicted octanol–water partition coefficient (Wildman–Crippen LogP) is 3.15. The van der Waals surface area contributed by atoms with Crippen molar-refractivity contribution in [3.05, 3.63) is 46.5 Å². The number of imidazole rings is 1. The molecule has 3 aromatic rings. The summed E-state index contributed by atoms with van der Waals surface area (Å²) in [5.41, 5.74) is 3.16. The molecule has 0 spiro atoms. The second-order valence-electron chi connectivity index (χ2n) is 6.56. The van der Waals surface area contributed by atoms with Crippen LogP contribution in [0.2, 0.25) is 5.15 Å². The Labute approximate surface area is 161 Å². The molecule has 1 saturated heterocycles. The van der Waals surface area contributed by atoms with Crippen molar-refractivity contribution in [1.82, 2.24) is 19.7 Å². The number of H-pyrrole nitrogens is 1. The number of rotatable bonds is 3. The topological polar surface area (TPSA) is 104 Å². The molecule has 2 aromatic heterocycles. The molecule has 0 amide bonds. The van der Waals surface area contributed by atoms with Crippen LogP contribution >= 0.6 is 11.6 Å². The second kappa shape index (κ2) is 6.51. The van der Waals surface area contributed by atoms with Gasteiger partial charge in [-0.3, -0.25) is 0 Å². The van der Waals surface area contributed by atoms with E-state index in [1.165, 1.54) is 0 Å². The molecule has 4 rings (SSSR count). The number of aryl methyl sites for hydroxylation is 1. The number of halogens is 1. The summed E-state index contributed by atoms with van der Waals surface area (Å²) in [4.78, 5) is 7.57. The van der Waals surface area contributed by atoms with Gasteiger partial charge >= 0.3 is 0 Å². The Kier molecular flexibility index (Phi) is 4.29. The van der Waals surface area contributed by atoms with Crippen molar-refractivity contribution in [2.24, 2.45) is 0 Å². The molecule has 1 aromatic carbocycles. The molecule has 0 bridgehead atoms. The van der Waals surface area contributed by atoms with Crippen LogP contribution in [-0.2, 0) is 9.84 Å². The minimum absolute atomic E-state index is 0.0334. The molecule has 1 aliphatic heterocycles. The fraction of sp³-hybridized carbons (Fsp3) is 0.278. The van der Waals surface area contributed by atoms with Crippen molar-refractivity contribution >= 4 is 44.1 Å². The highest BCUT2D eigenvalue weighted by molar-refractivity contribution is 7.91. The van der Waals surface area contributed by atoms with Gasteiger partial charge in [-0.15, -0.1) is 0 Å². The van der Waals surface area contributed by atoms with Crippen LogP contribution in [0.25, 0.3) is 22.7 Å². The molecule has 9 heteroatoms. The standard InChI is InChI=1S/C18H16ClN5O2S/c1-11-14(17(19)24(23-11)13-6-7-27(25,26)10-13)8-12(9-20)18-21-15-4-2-3-5-16(15)22-18/h2-5,8,13H,6-7,10H2,1H3,(H,21,22)/b12-8-. The average molecular weight is 402 g/mol. The predicted molar refractivity (Wildman–Crippen MR) is 104 cm³/mol. The maximum atomic E-state index is 11.8. The third-order valence-corrected chi connectivity index (χ3v) is 6.81. The van der Waals surface area contributed by atoms with E-state index < -0.39 is 9.84 Å². The number of hydrogen-bond donors (Lipinski definition) is 1. The minimum Gasteiger partial charge on any atom is -0.337 e. The zero-order valence-electron chi connectivity index (χ0n) is 14.5. The third kappa shape index (κ3) is 3.24. The van der Waals surface area contributed by atoms with E-state index in [1.807, 2.05) is 24.3 Å². The summed E-state index contributed by atoms with van der Waals surface area (Å²) in [6, 6.07) is 9.39. The number of benzene rings is 1. The Bertz CT molecular complexity index is 1180. The molecule has 27 heavy (non-hydrogen) atoms.